The number of furan rings is 1. The number of morpholine rings is 1. The molecule has 0 unspecified atom stereocenters. The standard InChI is InChI=1S/C13H20N2O3/c1-11(4-5-12-3-2-8-18-12)14-13(16)15-6-9-17-10-7-15/h2-3,8,11H,4-7,9-10H2,1H3,(H,14,16)/t11-/m0/s1. The summed E-state index contributed by atoms with van der Waals surface area (Å²) in [6.45, 7) is 4.64. The Labute approximate surface area is 107 Å². The van der Waals surface area contributed by atoms with E-state index in [2.05, 4.69) is 5.32 Å². The minimum atomic E-state index is 0.00486. The van der Waals surface area contributed by atoms with E-state index < -0.39 is 0 Å². The highest BCUT2D eigenvalue weighted by atomic mass is 16.5. The monoisotopic (exact) mass is 252 g/mol. The van der Waals surface area contributed by atoms with Crippen LogP contribution >= 0.6 is 0 Å². The van der Waals surface area contributed by atoms with E-state index in [4.69, 9.17) is 9.15 Å². The highest BCUT2D eigenvalue weighted by molar-refractivity contribution is 5.74. The Kier molecular flexibility index (Phi) is 4.64. The predicted molar refractivity (Wildman–Crippen MR) is 67.4 cm³/mol. The first-order valence-corrected chi connectivity index (χ1v) is 6.41. The van der Waals surface area contributed by atoms with Gasteiger partial charge in [-0.15, -0.1) is 0 Å². The SMILES string of the molecule is C[C@@H](CCc1ccco1)NC(=O)N1CCOCC1. The number of nitrogens with zero attached hydrogens (tertiary/aromatic N) is 1. The van der Waals surface area contributed by atoms with Crippen LogP contribution in [0.15, 0.2) is 22.8 Å². The van der Waals surface area contributed by atoms with Crippen molar-refractivity contribution < 1.29 is 13.9 Å². The summed E-state index contributed by atoms with van der Waals surface area (Å²) in [7, 11) is 0. The first-order valence-electron chi connectivity index (χ1n) is 6.41. The lowest BCUT2D eigenvalue weighted by Crippen LogP contribution is -2.48. The highest BCUT2D eigenvalue weighted by Crippen LogP contribution is 2.06. The molecule has 100 valence electrons. The Bertz CT molecular complexity index is 358. The number of nitrogens with one attached hydrogen (secondary N) is 1. The molecule has 1 aromatic heterocycles. The molecule has 0 bridgehead atoms. The van der Waals surface area contributed by atoms with Crippen LogP contribution < -0.4 is 5.32 Å². The van der Waals surface area contributed by atoms with Gasteiger partial charge in [0.1, 0.15) is 5.76 Å². The number of ether oxygens (including phenoxy) is 1. The number of carbonyl (C=O) groups excluding carboxylic acids is 1. The first kappa shape index (κ1) is 13.0. The predicted octanol–water partition coefficient (Wildman–Crippen LogP) is 1.64. The molecule has 1 aliphatic rings. The second-order valence-corrected chi connectivity index (χ2v) is 4.57. The normalized spacial score (nSPS) is 17.5. The zero-order valence-corrected chi connectivity index (χ0v) is 10.7. The molecule has 2 amide bonds. The van der Waals surface area contributed by atoms with E-state index in [1.165, 1.54) is 0 Å². The summed E-state index contributed by atoms with van der Waals surface area (Å²) in [5, 5.41) is 3.00. The molecular weight excluding hydrogens is 232 g/mol. The zero-order valence-electron chi connectivity index (χ0n) is 10.7. The van der Waals surface area contributed by atoms with E-state index >= 15 is 0 Å². The fourth-order valence-electron chi connectivity index (χ4n) is 1.95. The van der Waals surface area contributed by atoms with Gasteiger partial charge in [-0.1, -0.05) is 0 Å². The molecule has 0 aromatic carbocycles. The Hall–Kier alpha value is -1.49. The third kappa shape index (κ3) is 3.77. The number of rotatable bonds is 4. The molecule has 0 saturated carbocycles. The van der Waals surface area contributed by atoms with Crippen LogP contribution in [0.3, 0.4) is 0 Å². The van der Waals surface area contributed by atoms with Crippen LogP contribution in [0.4, 0.5) is 4.79 Å². The third-order valence-electron chi connectivity index (χ3n) is 3.07. The Balaban J connectivity index is 1.69. The average Bonchev–Trinajstić information content (AvgIpc) is 2.90. The van der Waals surface area contributed by atoms with Crippen molar-refractivity contribution in [1.82, 2.24) is 10.2 Å². The van der Waals surface area contributed by atoms with Crippen LogP contribution in [-0.4, -0.2) is 43.3 Å². The lowest BCUT2D eigenvalue weighted by molar-refractivity contribution is 0.0525. The largest absolute Gasteiger partial charge is 0.469 e. The number of carbonyl (C=O) groups is 1. The minimum Gasteiger partial charge on any atom is -0.469 e. The summed E-state index contributed by atoms with van der Waals surface area (Å²) in [6, 6.07) is 3.98. The molecule has 1 N–H and O–H groups in total. The van der Waals surface area contributed by atoms with Gasteiger partial charge in [-0.2, -0.15) is 0 Å². The topological polar surface area (TPSA) is 54.7 Å². The maximum Gasteiger partial charge on any atom is 0.317 e. The van der Waals surface area contributed by atoms with E-state index in [1.54, 1.807) is 11.2 Å². The van der Waals surface area contributed by atoms with Gasteiger partial charge < -0.3 is 19.4 Å². The van der Waals surface area contributed by atoms with E-state index in [-0.39, 0.29) is 12.1 Å². The van der Waals surface area contributed by atoms with Crippen molar-refractivity contribution in [3.05, 3.63) is 24.2 Å². The summed E-state index contributed by atoms with van der Waals surface area (Å²) in [5.41, 5.74) is 0. The maximum absolute atomic E-state index is 11.9. The van der Waals surface area contributed by atoms with Gasteiger partial charge in [0.05, 0.1) is 19.5 Å². The summed E-state index contributed by atoms with van der Waals surface area (Å²) in [6.07, 6.45) is 3.40. The van der Waals surface area contributed by atoms with Crippen molar-refractivity contribution in [2.75, 3.05) is 26.3 Å². The van der Waals surface area contributed by atoms with Gasteiger partial charge in [-0.05, 0) is 25.5 Å². The number of aryl methyl sites for hydroxylation is 1. The lowest BCUT2D eigenvalue weighted by Gasteiger charge is -2.28. The van der Waals surface area contributed by atoms with Crippen LogP contribution in [0.1, 0.15) is 19.1 Å². The zero-order chi connectivity index (χ0) is 12.8. The quantitative estimate of drug-likeness (QED) is 0.886. The van der Waals surface area contributed by atoms with Crippen LogP contribution in [0, 0.1) is 0 Å². The van der Waals surface area contributed by atoms with Crippen LogP contribution in [0.2, 0.25) is 0 Å². The van der Waals surface area contributed by atoms with Crippen molar-refractivity contribution in [3.8, 4) is 0 Å². The van der Waals surface area contributed by atoms with Crippen molar-refractivity contribution in [3.63, 3.8) is 0 Å². The fraction of sp³-hybridized carbons (Fsp3) is 0.615. The number of amides is 2. The molecule has 5 nitrogen and oxygen atoms in total. The molecule has 18 heavy (non-hydrogen) atoms. The Morgan fingerprint density at radius 2 is 2.28 bits per heavy atom. The summed E-state index contributed by atoms with van der Waals surface area (Å²) >= 11 is 0. The molecular formula is C13H20N2O3. The molecule has 1 saturated heterocycles. The van der Waals surface area contributed by atoms with Crippen molar-refractivity contribution in [2.24, 2.45) is 0 Å². The van der Waals surface area contributed by atoms with E-state index in [9.17, 15) is 4.79 Å². The molecule has 1 aromatic rings. The highest BCUT2D eigenvalue weighted by Gasteiger charge is 2.18. The van der Waals surface area contributed by atoms with Gasteiger partial charge in [-0.25, -0.2) is 4.79 Å². The molecule has 1 fully saturated rings. The van der Waals surface area contributed by atoms with Gasteiger partial charge >= 0.3 is 6.03 Å². The molecule has 1 aliphatic heterocycles. The van der Waals surface area contributed by atoms with Crippen LogP contribution in [0.5, 0.6) is 0 Å². The van der Waals surface area contributed by atoms with Gasteiger partial charge in [-0.3, -0.25) is 0 Å². The second kappa shape index (κ2) is 6.44. The van der Waals surface area contributed by atoms with Crippen molar-refractivity contribution >= 4 is 6.03 Å². The minimum absolute atomic E-state index is 0.00486. The van der Waals surface area contributed by atoms with E-state index in [0.29, 0.717) is 26.3 Å². The van der Waals surface area contributed by atoms with Gasteiger partial charge in [0.15, 0.2) is 0 Å². The van der Waals surface area contributed by atoms with Gasteiger partial charge in [0, 0.05) is 25.6 Å². The molecule has 1 atom stereocenters. The van der Waals surface area contributed by atoms with Crippen molar-refractivity contribution in [2.45, 2.75) is 25.8 Å². The van der Waals surface area contributed by atoms with E-state index in [0.717, 1.165) is 18.6 Å². The summed E-state index contributed by atoms with van der Waals surface area (Å²) < 4.78 is 10.5. The molecule has 0 aliphatic carbocycles. The lowest BCUT2D eigenvalue weighted by atomic mass is 10.1. The van der Waals surface area contributed by atoms with Crippen LogP contribution in [0.25, 0.3) is 0 Å². The Morgan fingerprint density at radius 1 is 1.50 bits per heavy atom. The molecule has 5 heteroatoms. The van der Waals surface area contributed by atoms with Gasteiger partial charge in [0.2, 0.25) is 0 Å². The van der Waals surface area contributed by atoms with Gasteiger partial charge in [0.25, 0.3) is 0 Å². The number of hydrogen-bond donors (Lipinski definition) is 1. The number of hydrogen-bond acceptors (Lipinski definition) is 3. The molecule has 0 spiro atoms. The molecule has 0 radical (unpaired) electrons. The molecule has 2 rings (SSSR count). The number of urea groups is 1. The summed E-state index contributed by atoms with van der Waals surface area (Å²) in [4.78, 5) is 13.7. The summed E-state index contributed by atoms with van der Waals surface area (Å²) in [5.74, 6) is 0.961. The third-order valence-corrected chi connectivity index (χ3v) is 3.07. The average molecular weight is 252 g/mol. The van der Waals surface area contributed by atoms with E-state index in [1.807, 2.05) is 19.1 Å². The fourth-order valence-corrected chi connectivity index (χ4v) is 1.95. The smallest absolute Gasteiger partial charge is 0.317 e. The van der Waals surface area contributed by atoms with Crippen molar-refractivity contribution in [1.29, 1.82) is 0 Å². The Morgan fingerprint density at radius 3 is 2.94 bits per heavy atom. The maximum atomic E-state index is 11.9. The van der Waals surface area contributed by atoms with Crippen LogP contribution in [-0.2, 0) is 11.2 Å². The first-order chi connectivity index (χ1) is 8.75. The second-order valence-electron chi connectivity index (χ2n) is 4.57. The molecule has 2 heterocycles.